The minimum absolute atomic E-state index is 0.0568. The minimum Gasteiger partial charge on any atom is -0.394 e. The van der Waals surface area contributed by atoms with Crippen molar-refractivity contribution < 1.29 is 14.4 Å². The zero-order valence-electron chi connectivity index (χ0n) is 23.5. The first-order valence-corrected chi connectivity index (χ1v) is 14.1. The number of benzene rings is 2. The number of aromatic nitrogens is 1. The molecule has 0 unspecified atom stereocenters. The van der Waals surface area contributed by atoms with E-state index in [0.717, 1.165) is 86.8 Å². The van der Waals surface area contributed by atoms with Crippen molar-refractivity contribution in [3.63, 3.8) is 0 Å². The van der Waals surface area contributed by atoms with Crippen LogP contribution in [0.15, 0.2) is 53.8 Å². The maximum Gasteiger partial charge on any atom is 0.254 e. The SMILES string of the molecule is C/C(CN1CCN(C(=O)c2cc(C)cc(C)c2)[C@H](Cc2c[nH]c3ccccc23)C1)=N\OCCN1CCOCC1. The van der Waals surface area contributed by atoms with E-state index in [4.69, 9.17) is 9.57 Å². The van der Waals surface area contributed by atoms with Crippen LogP contribution in [0.25, 0.3) is 10.9 Å². The van der Waals surface area contributed by atoms with Crippen molar-refractivity contribution >= 4 is 22.5 Å². The summed E-state index contributed by atoms with van der Waals surface area (Å²) >= 11 is 0. The molecule has 2 aliphatic rings. The lowest BCUT2D eigenvalue weighted by Crippen LogP contribution is -2.56. The van der Waals surface area contributed by atoms with Crippen LogP contribution >= 0.6 is 0 Å². The molecule has 8 heteroatoms. The summed E-state index contributed by atoms with van der Waals surface area (Å²) in [6.07, 6.45) is 2.89. The van der Waals surface area contributed by atoms with Crippen molar-refractivity contribution in [3.05, 3.63) is 70.9 Å². The summed E-state index contributed by atoms with van der Waals surface area (Å²) in [6.45, 7) is 14.1. The Kier molecular flexibility index (Phi) is 8.96. The van der Waals surface area contributed by atoms with Gasteiger partial charge in [0.1, 0.15) is 6.61 Å². The minimum atomic E-state index is 0.0568. The molecule has 2 fully saturated rings. The molecule has 1 aromatic heterocycles. The molecule has 2 aromatic carbocycles. The van der Waals surface area contributed by atoms with Gasteiger partial charge in [0.2, 0.25) is 0 Å². The lowest BCUT2D eigenvalue weighted by Gasteiger charge is -2.41. The van der Waals surface area contributed by atoms with Crippen LogP contribution in [0.2, 0.25) is 0 Å². The highest BCUT2D eigenvalue weighted by Gasteiger charge is 2.32. The number of nitrogens with zero attached hydrogens (tertiary/aromatic N) is 4. The van der Waals surface area contributed by atoms with Crippen LogP contribution in [-0.4, -0.2) is 103 Å². The summed E-state index contributed by atoms with van der Waals surface area (Å²) in [6, 6.07) is 14.6. The molecule has 3 aromatic rings. The zero-order valence-corrected chi connectivity index (χ0v) is 23.5. The van der Waals surface area contributed by atoms with Gasteiger partial charge < -0.3 is 19.5 Å². The summed E-state index contributed by atoms with van der Waals surface area (Å²) in [7, 11) is 0. The molecule has 208 valence electrons. The van der Waals surface area contributed by atoms with Crippen LogP contribution < -0.4 is 0 Å². The second-order valence-corrected chi connectivity index (χ2v) is 10.9. The maximum absolute atomic E-state index is 13.8. The number of carbonyl (C=O) groups is 1. The number of hydrogen-bond acceptors (Lipinski definition) is 6. The molecule has 8 nitrogen and oxygen atoms in total. The number of morpholine rings is 1. The third-order valence-electron chi connectivity index (χ3n) is 7.70. The average molecular weight is 532 g/mol. The highest BCUT2D eigenvalue weighted by molar-refractivity contribution is 5.95. The quantitative estimate of drug-likeness (QED) is 0.258. The van der Waals surface area contributed by atoms with Crippen molar-refractivity contribution in [2.24, 2.45) is 5.16 Å². The van der Waals surface area contributed by atoms with Crippen molar-refractivity contribution in [2.75, 3.05) is 65.6 Å². The number of carbonyl (C=O) groups excluding carboxylic acids is 1. The molecule has 5 rings (SSSR count). The van der Waals surface area contributed by atoms with Gasteiger partial charge in [0.25, 0.3) is 5.91 Å². The molecule has 0 radical (unpaired) electrons. The highest BCUT2D eigenvalue weighted by atomic mass is 16.6. The third kappa shape index (κ3) is 7.06. The van der Waals surface area contributed by atoms with Crippen molar-refractivity contribution in [1.29, 1.82) is 0 Å². The van der Waals surface area contributed by atoms with Gasteiger partial charge in [-0.25, -0.2) is 0 Å². The van der Waals surface area contributed by atoms with Crippen LogP contribution in [0.5, 0.6) is 0 Å². The predicted molar refractivity (Wildman–Crippen MR) is 156 cm³/mol. The Morgan fingerprint density at radius 3 is 2.62 bits per heavy atom. The van der Waals surface area contributed by atoms with Crippen molar-refractivity contribution in [1.82, 2.24) is 19.7 Å². The fourth-order valence-electron chi connectivity index (χ4n) is 5.83. The number of amides is 1. The molecule has 2 saturated heterocycles. The second kappa shape index (κ2) is 12.8. The van der Waals surface area contributed by atoms with E-state index in [2.05, 4.69) is 69.1 Å². The van der Waals surface area contributed by atoms with Crippen molar-refractivity contribution in [2.45, 2.75) is 33.2 Å². The van der Waals surface area contributed by atoms with E-state index in [9.17, 15) is 4.79 Å². The lowest BCUT2D eigenvalue weighted by molar-refractivity contribution is 0.0209. The summed E-state index contributed by atoms with van der Waals surface area (Å²) < 4.78 is 5.41. The molecular weight excluding hydrogens is 490 g/mol. The Morgan fingerprint density at radius 1 is 1.05 bits per heavy atom. The molecule has 3 heterocycles. The number of nitrogens with one attached hydrogen (secondary N) is 1. The van der Waals surface area contributed by atoms with Crippen LogP contribution in [0.4, 0.5) is 0 Å². The molecule has 1 amide bonds. The number of piperazine rings is 1. The number of aromatic amines is 1. The summed E-state index contributed by atoms with van der Waals surface area (Å²) in [4.78, 5) is 29.7. The number of H-pyrrole nitrogens is 1. The standard InChI is InChI=1S/C31H41N5O3/c1-23-16-24(2)18-26(17-23)31(37)36-9-8-35(21-25(3)33-39-15-12-34-10-13-38-14-11-34)22-28(36)19-27-20-32-30-7-5-4-6-29(27)30/h4-7,16-18,20,28,32H,8-15,19,21-22H2,1-3H3/b33-25+/t28-/m1/s1. The number of oxime groups is 1. The van der Waals surface area contributed by atoms with Gasteiger partial charge in [-0.1, -0.05) is 40.5 Å². The number of para-hydroxylation sites is 1. The highest BCUT2D eigenvalue weighted by Crippen LogP contribution is 2.24. The third-order valence-corrected chi connectivity index (χ3v) is 7.70. The van der Waals surface area contributed by atoms with Crippen LogP contribution in [0, 0.1) is 13.8 Å². The first-order chi connectivity index (χ1) is 19.0. The first-order valence-electron chi connectivity index (χ1n) is 14.1. The topological polar surface area (TPSA) is 73.4 Å². The van der Waals surface area contributed by atoms with Gasteiger partial charge in [0.15, 0.2) is 0 Å². The van der Waals surface area contributed by atoms with Crippen LogP contribution in [0.1, 0.15) is 34.0 Å². The van der Waals surface area contributed by atoms with Gasteiger partial charge in [0, 0.05) is 74.5 Å². The van der Waals surface area contributed by atoms with Gasteiger partial charge >= 0.3 is 0 Å². The van der Waals surface area contributed by atoms with Crippen LogP contribution in [-0.2, 0) is 16.0 Å². The van der Waals surface area contributed by atoms with Gasteiger partial charge in [-0.3, -0.25) is 14.6 Å². The monoisotopic (exact) mass is 531 g/mol. The summed E-state index contributed by atoms with van der Waals surface area (Å²) in [5.74, 6) is 0.114. The van der Waals surface area contributed by atoms with E-state index in [1.807, 2.05) is 25.1 Å². The van der Waals surface area contributed by atoms with E-state index in [1.54, 1.807) is 0 Å². The Morgan fingerprint density at radius 2 is 1.82 bits per heavy atom. The fourth-order valence-corrected chi connectivity index (χ4v) is 5.83. The zero-order chi connectivity index (χ0) is 27.2. The molecule has 0 spiro atoms. The Labute approximate surface area is 231 Å². The number of fused-ring (bicyclic) bond motifs is 1. The maximum atomic E-state index is 13.8. The predicted octanol–water partition coefficient (Wildman–Crippen LogP) is 3.88. The number of aryl methyl sites for hydroxylation is 2. The van der Waals surface area contributed by atoms with Gasteiger partial charge in [-0.2, -0.15) is 0 Å². The van der Waals surface area contributed by atoms with E-state index >= 15 is 0 Å². The molecule has 1 atom stereocenters. The molecule has 0 bridgehead atoms. The second-order valence-electron chi connectivity index (χ2n) is 10.9. The lowest BCUT2D eigenvalue weighted by atomic mass is 9.99. The van der Waals surface area contributed by atoms with E-state index < -0.39 is 0 Å². The Balaban J connectivity index is 1.26. The molecule has 1 N–H and O–H groups in total. The van der Waals surface area contributed by atoms with Crippen molar-refractivity contribution in [3.8, 4) is 0 Å². The molecule has 2 aliphatic heterocycles. The molecule has 39 heavy (non-hydrogen) atoms. The van der Waals surface area contributed by atoms with E-state index in [-0.39, 0.29) is 11.9 Å². The van der Waals surface area contributed by atoms with Crippen LogP contribution in [0.3, 0.4) is 0 Å². The summed E-state index contributed by atoms with van der Waals surface area (Å²) in [5, 5.41) is 5.62. The Bertz CT molecular complexity index is 1280. The molecule has 0 aliphatic carbocycles. The number of ether oxygens (including phenoxy) is 1. The van der Waals surface area contributed by atoms with Gasteiger partial charge in [-0.05, 0) is 51.0 Å². The first kappa shape index (κ1) is 27.4. The number of rotatable bonds is 9. The van der Waals surface area contributed by atoms with E-state index in [0.29, 0.717) is 13.2 Å². The molecule has 0 saturated carbocycles. The summed E-state index contributed by atoms with van der Waals surface area (Å²) in [5.41, 5.74) is 6.33. The van der Waals surface area contributed by atoms with Gasteiger partial charge in [0.05, 0.1) is 18.9 Å². The molecular formula is C31H41N5O3. The fraction of sp³-hybridized carbons (Fsp3) is 0.484. The largest absolute Gasteiger partial charge is 0.394 e. The average Bonchev–Trinajstić information content (AvgIpc) is 3.34. The van der Waals surface area contributed by atoms with E-state index in [1.165, 1.54) is 10.9 Å². The number of hydrogen-bond donors (Lipinski definition) is 1. The Hall–Kier alpha value is -3.20. The smallest absolute Gasteiger partial charge is 0.254 e. The normalized spacial score (nSPS) is 19.5. The van der Waals surface area contributed by atoms with Gasteiger partial charge in [-0.15, -0.1) is 0 Å².